The van der Waals surface area contributed by atoms with Crippen LogP contribution in [0.5, 0.6) is 0 Å². The summed E-state index contributed by atoms with van der Waals surface area (Å²) in [7, 11) is 1.85. The molecule has 1 fully saturated rings. The fourth-order valence-electron chi connectivity index (χ4n) is 2.97. The summed E-state index contributed by atoms with van der Waals surface area (Å²) in [6.07, 6.45) is 6.15. The summed E-state index contributed by atoms with van der Waals surface area (Å²) in [5.41, 5.74) is 0.993. The van der Waals surface area contributed by atoms with E-state index < -0.39 is 0 Å². The average Bonchev–Trinajstić information content (AvgIpc) is 3.12. The van der Waals surface area contributed by atoms with Crippen LogP contribution in [0.2, 0.25) is 0 Å². The molecule has 7 heteroatoms. The number of aromatic amines is 1. The van der Waals surface area contributed by atoms with Crippen molar-refractivity contribution in [2.24, 2.45) is 7.05 Å². The van der Waals surface area contributed by atoms with Crippen LogP contribution in [0, 0.1) is 0 Å². The molecular formula is C12H14N6O. The number of fused-ring (bicyclic) bond motifs is 2. The van der Waals surface area contributed by atoms with Crippen LogP contribution in [0.4, 0.5) is 0 Å². The Morgan fingerprint density at radius 1 is 1.37 bits per heavy atom. The largest absolute Gasteiger partial charge is 0.336 e. The standard InChI is InChI=1S/C12H14N6O/c1-17-10-8(11(19)18-12(17)13-6-14-18)15-9(16-10)7-4-2-3-5-7/h6-7H,2-5H2,1H3,(H,15,16). The molecule has 1 saturated carbocycles. The van der Waals surface area contributed by atoms with E-state index in [0.29, 0.717) is 22.9 Å². The Morgan fingerprint density at radius 3 is 2.95 bits per heavy atom. The second-order valence-electron chi connectivity index (χ2n) is 5.14. The van der Waals surface area contributed by atoms with E-state index in [1.807, 2.05) is 7.05 Å². The Labute approximate surface area is 108 Å². The molecule has 7 nitrogen and oxygen atoms in total. The van der Waals surface area contributed by atoms with Crippen molar-refractivity contribution in [3.05, 3.63) is 22.5 Å². The molecule has 0 spiro atoms. The molecule has 3 heterocycles. The molecule has 3 aromatic heterocycles. The van der Waals surface area contributed by atoms with Gasteiger partial charge in [-0.1, -0.05) is 12.8 Å². The summed E-state index contributed by atoms with van der Waals surface area (Å²) >= 11 is 0. The maximum Gasteiger partial charge on any atom is 0.301 e. The van der Waals surface area contributed by atoms with Gasteiger partial charge in [0.1, 0.15) is 12.2 Å². The molecular weight excluding hydrogens is 244 g/mol. The van der Waals surface area contributed by atoms with Gasteiger partial charge in [0, 0.05) is 13.0 Å². The van der Waals surface area contributed by atoms with Crippen molar-refractivity contribution in [3.8, 4) is 0 Å². The van der Waals surface area contributed by atoms with Gasteiger partial charge in [-0.25, -0.2) is 4.98 Å². The van der Waals surface area contributed by atoms with Gasteiger partial charge in [0.05, 0.1) is 0 Å². The van der Waals surface area contributed by atoms with E-state index in [1.165, 1.54) is 23.7 Å². The Hall–Kier alpha value is -2.18. The Bertz CT molecular complexity index is 820. The molecule has 4 rings (SSSR count). The van der Waals surface area contributed by atoms with Crippen molar-refractivity contribution in [2.75, 3.05) is 0 Å². The second-order valence-corrected chi connectivity index (χ2v) is 5.14. The minimum Gasteiger partial charge on any atom is -0.336 e. The molecule has 0 aromatic carbocycles. The van der Waals surface area contributed by atoms with Crippen molar-refractivity contribution in [3.63, 3.8) is 0 Å². The number of imidazole rings is 1. The van der Waals surface area contributed by atoms with E-state index in [4.69, 9.17) is 0 Å². The summed E-state index contributed by atoms with van der Waals surface area (Å²) in [5, 5.41) is 3.96. The van der Waals surface area contributed by atoms with Gasteiger partial charge < -0.3 is 4.98 Å². The first-order valence-electron chi connectivity index (χ1n) is 6.54. The average molecular weight is 258 g/mol. The maximum absolute atomic E-state index is 12.3. The molecule has 98 valence electrons. The molecule has 0 saturated heterocycles. The number of nitrogens with one attached hydrogen (secondary N) is 1. The second kappa shape index (κ2) is 3.66. The quantitative estimate of drug-likeness (QED) is 0.705. The lowest BCUT2D eigenvalue weighted by Crippen LogP contribution is -2.18. The van der Waals surface area contributed by atoms with Crippen molar-refractivity contribution < 1.29 is 0 Å². The summed E-state index contributed by atoms with van der Waals surface area (Å²) in [6.45, 7) is 0. The molecule has 1 aliphatic carbocycles. The van der Waals surface area contributed by atoms with Crippen LogP contribution < -0.4 is 5.56 Å². The van der Waals surface area contributed by atoms with Crippen LogP contribution >= 0.6 is 0 Å². The van der Waals surface area contributed by atoms with E-state index in [9.17, 15) is 4.79 Å². The number of rotatable bonds is 1. The normalized spacial score (nSPS) is 16.9. The van der Waals surface area contributed by atoms with E-state index >= 15 is 0 Å². The first-order valence-corrected chi connectivity index (χ1v) is 6.54. The number of aromatic nitrogens is 6. The maximum atomic E-state index is 12.3. The number of hydrogen-bond donors (Lipinski definition) is 1. The third-order valence-electron chi connectivity index (χ3n) is 4.00. The molecule has 0 amide bonds. The zero-order valence-corrected chi connectivity index (χ0v) is 10.6. The summed E-state index contributed by atoms with van der Waals surface area (Å²) in [5.74, 6) is 1.89. The zero-order chi connectivity index (χ0) is 13.0. The molecule has 0 bridgehead atoms. The summed E-state index contributed by atoms with van der Waals surface area (Å²) < 4.78 is 3.11. The van der Waals surface area contributed by atoms with E-state index in [1.54, 1.807) is 4.57 Å². The Morgan fingerprint density at radius 2 is 2.16 bits per heavy atom. The van der Waals surface area contributed by atoms with Crippen LogP contribution in [0.15, 0.2) is 11.1 Å². The van der Waals surface area contributed by atoms with Crippen LogP contribution in [0.1, 0.15) is 37.4 Å². The molecule has 0 atom stereocenters. The van der Waals surface area contributed by atoms with Crippen molar-refractivity contribution in [1.82, 2.24) is 29.1 Å². The first kappa shape index (κ1) is 10.7. The predicted molar refractivity (Wildman–Crippen MR) is 69.1 cm³/mol. The molecule has 19 heavy (non-hydrogen) atoms. The van der Waals surface area contributed by atoms with Gasteiger partial charge in [0.15, 0.2) is 11.2 Å². The van der Waals surface area contributed by atoms with Crippen LogP contribution in [0.25, 0.3) is 16.9 Å². The van der Waals surface area contributed by atoms with Crippen molar-refractivity contribution >= 4 is 16.9 Å². The first-order chi connectivity index (χ1) is 9.25. The van der Waals surface area contributed by atoms with Gasteiger partial charge >= 0.3 is 5.56 Å². The number of hydrogen-bond acceptors (Lipinski definition) is 4. The molecule has 0 aliphatic heterocycles. The highest BCUT2D eigenvalue weighted by molar-refractivity contribution is 5.72. The SMILES string of the molecule is Cn1c2nc(C3CCCC3)[nH]c2c(=O)n2ncnc12. The third kappa shape index (κ3) is 1.38. The minimum atomic E-state index is -0.183. The van der Waals surface area contributed by atoms with E-state index in [2.05, 4.69) is 20.1 Å². The zero-order valence-electron chi connectivity index (χ0n) is 10.6. The van der Waals surface area contributed by atoms with Crippen molar-refractivity contribution in [2.45, 2.75) is 31.6 Å². The van der Waals surface area contributed by atoms with Gasteiger partial charge in [-0.05, 0) is 12.8 Å². The van der Waals surface area contributed by atoms with Gasteiger partial charge in [-0.3, -0.25) is 9.36 Å². The Balaban J connectivity index is 2.04. The minimum absolute atomic E-state index is 0.183. The van der Waals surface area contributed by atoms with Crippen molar-refractivity contribution in [1.29, 1.82) is 0 Å². The van der Waals surface area contributed by atoms with Crippen LogP contribution in [-0.4, -0.2) is 29.1 Å². The molecule has 0 radical (unpaired) electrons. The fraction of sp³-hybridized carbons (Fsp3) is 0.500. The highest BCUT2D eigenvalue weighted by Gasteiger charge is 2.22. The van der Waals surface area contributed by atoms with Gasteiger partial charge in [-0.15, -0.1) is 0 Å². The smallest absolute Gasteiger partial charge is 0.301 e. The molecule has 1 aliphatic rings. The number of aryl methyl sites for hydroxylation is 1. The molecule has 1 N–H and O–H groups in total. The van der Waals surface area contributed by atoms with E-state index in [0.717, 1.165) is 18.7 Å². The summed E-state index contributed by atoms with van der Waals surface area (Å²) in [6, 6.07) is 0. The predicted octanol–water partition coefficient (Wildman–Crippen LogP) is 0.962. The van der Waals surface area contributed by atoms with Gasteiger partial charge in [0.2, 0.25) is 5.78 Å². The van der Waals surface area contributed by atoms with Gasteiger partial charge in [0.25, 0.3) is 0 Å². The highest BCUT2D eigenvalue weighted by atomic mass is 16.1. The van der Waals surface area contributed by atoms with E-state index in [-0.39, 0.29) is 5.56 Å². The lowest BCUT2D eigenvalue weighted by molar-refractivity contribution is 0.680. The third-order valence-corrected chi connectivity index (χ3v) is 4.00. The van der Waals surface area contributed by atoms with Crippen LogP contribution in [-0.2, 0) is 7.05 Å². The van der Waals surface area contributed by atoms with Gasteiger partial charge in [-0.2, -0.15) is 14.6 Å². The monoisotopic (exact) mass is 258 g/mol. The lowest BCUT2D eigenvalue weighted by atomic mass is 10.1. The topological polar surface area (TPSA) is 80.9 Å². The van der Waals surface area contributed by atoms with Crippen LogP contribution in [0.3, 0.4) is 0 Å². The summed E-state index contributed by atoms with van der Waals surface area (Å²) in [4.78, 5) is 24.2. The Kier molecular flexibility index (Phi) is 2.06. The molecule has 3 aromatic rings. The fourth-order valence-corrected chi connectivity index (χ4v) is 2.97. The number of nitrogens with zero attached hydrogens (tertiary/aromatic N) is 5. The highest BCUT2D eigenvalue weighted by Crippen LogP contribution is 2.32. The number of H-pyrrole nitrogens is 1. The molecule has 0 unspecified atom stereocenters. The lowest BCUT2D eigenvalue weighted by Gasteiger charge is -2.02.